The van der Waals surface area contributed by atoms with Crippen LogP contribution in [-0.2, 0) is 14.8 Å². The number of benzene rings is 2. The molecule has 8 heteroatoms. The molecule has 3 rings (SSSR count). The van der Waals surface area contributed by atoms with Gasteiger partial charge in [0.15, 0.2) is 0 Å². The third kappa shape index (κ3) is 4.23. The van der Waals surface area contributed by atoms with Crippen molar-refractivity contribution in [3.8, 4) is 0 Å². The topological polar surface area (TPSA) is 86.8 Å². The van der Waals surface area contributed by atoms with Crippen LogP contribution in [0.1, 0.15) is 16.8 Å². The number of nitrogens with zero attached hydrogens (tertiary/aromatic N) is 2. The van der Waals surface area contributed by atoms with Crippen LogP contribution in [0, 0.1) is 5.92 Å². The standard InChI is InChI=1S/C20H23N3O4S/c1-22(2)28(26,27)18-10-8-16(9-11-18)20(25)21-13-15-12-19(24)23(14-15)17-6-4-3-5-7-17/h3-11,15H,12-14H2,1-2H3,(H,21,25). The summed E-state index contributed by atoms with van der Waals surface area (Å²) in [5, 5.41) is 2.84. The van der Waals surface area contributed by atoms with E-state index >= 15 is 0 Å². The number of anilines is 1. The van der Waals surface area contributed by atoms with Crippen LogP contribution in [0.4, 0.5) is 5.69 Å². The summed E-state index contributed by atoms with van der Waals surface area (Å²) >= 11 is 0. The molecule has 1 unspecified atom stereocenters. The van der Waals surface area contributed by atoms with E-state index in [1.807, 2.05) is 30.3 Å². The maximum Gasteiger partial charge on any atom is 0.251 e. The van der Waals surface area contributed by atoms with Crippen molar-refractivity contribution in [2.45, 2.75) is 11.3 Å². The van der Waals surface area contributed by atoms with Crippen molar-refractivity contribution in [1.82, 2.24) is 9.62 Å². The van der Waals surface area contributed by atoms with Crippen LogP contribution in [0.25, 0.3) is 0 Å². The van der Waals surface area contributed by atoms with Gasteiger partial charge >= 0.3 is 0 Å². The molecule has 0 bridgehead atoms. The predicted octanol–water partition coefficient (Wildman–Crippen LogP) is 1.72. The number of hydrogen-bond donors (Lipinski definition) is 1. The van der Waals surface area contributed by atoms with Gasteiger partial charge in [-0.1, -0.05) is 18.2 Å². The minimum atomic E-state index is -3.52. The van der Waals surface area contributed by atoms with Crippen molar-refractivity contribution in [2.24, 2.45) is 5.92 Å². The molecular weight excluding hydrogens is 378 g/mol. The molecule has 1 saturated heterocycles. The molecule has 1 aliphatic heterocycles. The Bertz CT molecular complexity index is 957. The van der Waals surface area contributed by atoms with Crippen molar-refractivity contribution in [3.05, 3.63) is 60.2 Å². The van der Waals surface area contributed by atoms with Crippen LogP contribution < -0.4 is 10.2 Å². The van der Waals surface area contributed by atoms with Crippen molar-refractivity contribution < 1.29 is 18.0 Å². The van der Waals surface area contributed by atoms with Gasteiger partial charge < -0.3 is 10.2 Å². The van der Waals surface area contributed by atoms with E-state index < -0.39 is 10.0 Å². The van der Waals surface area contributed by atoms with E-state index in [1.165, 1.54) is 38.4 Å². The number of para-hydroxylation sites is 1. The van der Waals surface area contributed by atoms with Crippen molar-refractivity contribution in [2.75, 3.05) is 32.1 Å². The first-order chi connectivity index (χ1) is 13.3. The molecule has 2 aromatic rings. The van der Waals surface area contributed by atoms with Crippen molar-refractivity contribution in [1.29, 1.82) is 0 Å². The fraction of sp³-hybridized carbons (Fsp3) is 0.300. The fourth-order valence-corrected chi connectivity index (χ4v) is 4.01. The number of rotatable bonds is 6. The van der Waals surface area contributed by atoms with Gasteiger partial charge in [-0.15, -0.1) is 0 Å². The van der Waals surface area contributed by atoms with E-state index in [1.54, 1.807) is 4.90 Å². The second kappa shape index (κ2) is 8.12. The lowest BCUT2D eigenvalue weighted by molar-refractivity contribution is -0.117. The van der Waals surface area contributed by atoms with E-state index in [9.17, 15) is 18.0 Å². The number of nitrogens with one attached hydrogen (secondary N) is 1. The third-order valence-corrected chi connectivity index (χ3v) is 6.55. The highest BCUT2D eigenvalue weighted by Gasteiger charge is 2.30. The molecule has 0 spiro atoms. The summed E-state index contributed by atoms with van der Waals surface area (Å²) in [7, 11) is -0.613. The zero-order valence-corrected chi connectivity index (χ0v) is 16.6. The molecule has 1 heterocycles. The Morgan fingerprint density at radius 2 is 1.75 bits per heavy atom. The summed E-state index contributed by atoms with van der Waals surface area (Å²) in [6.07, 6.45) is 0.384. The van der Waals surface area contributed by atoms with Crippen LogP contribution in [0.15, 0.2) is 59.5 Å². The Balaban J connectivity index is 1.58. The third-order valence-electron chi connectivity index (χ3n) is 4.72. The molecule has 1 aliphatic rings. The summed E-state index contributed by atoms with van der Waals surface area (Å²) in [5.74, 6) is -0.215. The molecule has 2 aromatic carbocycles. The second-order valence-electron chi connectivity index (χ2n) is 6.93. The molecule has 0 aromatic heterocycles. The number of amides is 2. The Hall–Kier alpha value is -2.71. The quantitative estimate of drug-likeness (QED) is 0.799. The fourth-order valence-electron chi connectivity index (χ4n) is 3.10. The summed E-state index contributed by atoms with van der Waals surface area (Å²) < 4.78 is 25.3. The van der Waals surface area contributed by atoms with Crippen molar-refractivity contribution in [3.63, 3.8) is 0 Å². The Morgan fingerprint density at radius 1 is 1.11 bits per heavy atom. The molecule has 0 aliphatic carbocycles. The lowest BCUT2D eigenvalue weighted by Gasteiger charge is -2.17. The van der Waals surface area contributed by atoms with Gasteiger partial charge in [0, 0.05) is 50.8 Å². The molecule has 1 N–H and O–H groups in total. The highest BCUT2D eigenvalue weighted by Crippen LogP contribution is 2.24. The normalized spacial score (nSPS) is 17.2. The lowest BCUT2D eigenvalue weighted by atomic mass is 10.1. The highest BCUT2D eigenvalue weighted by molar-refractivity contribution is 7.89. The average Bonchev–Trinajstić information content (AvgIpc) is 3.07. The van der Waals surface area contributed by atoms with Gasteiger partial charge in [-0.3, -0.25) is 9.59 Å². The smallest absolute Gasteiger partial charge is 0.251 e. The predicted molar refractivity (Wildman–Crippen MR) is 107 cm³/mol. The Kier molecular flexibility index (Phi) is 5.81. The maximum atomic E-state index is 12.4. The molecule has 7 nitrogen and oxygen atoms in total. The summed E-state index contributed by atoms with van der Waals surface area (Å²) in [5.41, 5.74) is 1.24. The van der Waals surface area contributed by atoms with Gasteiger partial charge in [-0.2, -0.15) is 0 Å². The van der Waals surface area contributed by atoms with Crippen LogP contribution in [-0.4, -0.2) is 51.7 Å². The Labute approximate surface area is 165 Å². The van der Waals surface area contributed by atoms with Crippen molar-refractivity contribution >= 4 is 27.5 Å². The highest BCUT2D eigenvalue weighted by atomic mass is 32.2. The van der Waals surface area contributed by atoms with Crippen LogP contribution in [0.2, 0.25) is 0 Å². The van der Waals surface area contributed by atoms with Crippen LogP contribution in [0.5, 0.6) is 0 Å². The monoisotopic (exact) mass is 401 g/mol. The largest absolute Gasteiger partial charge is 0.352 e. The molecule has 1 atom stereocenters. The summed E-state index contributed by atoms with van der Waals surface area (Å²) in [6, 6.07) is 15.3. The molecule has 2 amide bonds. The molecule has 1 fully saturated rings. The van der Waals surface area contributed by atoms with Gasteiger partial charge in [0.25, 0.3) is 5.91 Å². The zero-order valence-electron chi connectivity index (χ0n) is 15.8. The molecule has 0 saturated carbocycles. The van der Waals surface area contributed by atoms with E-state index in [-0.39, 0.29) is 22.6 Å². The van der Waals surface area contributed by atoms with Gasteiger partial charge in [-0.25, -0.2) is 12.7 Å². The van der Waals surface area contributed by atoms with E-state index in [0.717, 1.165) is 9.99 Å². The number of sulfonamides is 1. The molecule has 148 valence electrons. The molecule has 0 radical (unpaired) electrons. The summed E-state index contributed by atoms with van der Waals surface area (Å²) in [4.78, 5) is 26.5. The van der Waals surface area contributed by atoms with Gasteiger partial charge in [0.1, 0.15) is 0 Å². The first kappa shape index (κ1) is 20.0. The number of hydrogen-bond acceptors (Lipinski definition) is 4. The minimum absolute atomic E-state index is 0.0325. The zero-order chi connectivity index (χ0) is 20.3. The molecule has 28 heavy (non-hydrogen) atoms. The van der Waals surface area contributed by atoms with E-state index in [2.05, 4.69) is 5.32 Å². The summed E-state index contributed by atoms with van der Waals surface area (Å²) in [6.45, 7) is 0.939. The number of carbonyl (C=O) groups excluding carboxylic acids is 2. The first-order valence-corrected chi connectivity index (χ1v) is 10.4. The Morgan fingerprint density at radius 3 is 2.36 bits per heavy atom. The van der Waals surface area contributed by atoms with Gasteiger partial charge in [-0.05, 0) is 36.4 Å². The first-order valence-electron chi connectivity index (χ1n) is 8.95. The molecular formula is C20H23N3O4S. The van der Waals surface area contributed by atoms with Crippen LogP contribution in [0.3, 0.4) is 0 Å². The second-order valence-corrected chi connectivity index (χ2v) is 9.08. The van der Waals surface area contributed by atoms with Gasteiger partial charge in [0.2, 0.25) is 15.9 Å². The minimum Gasteiger partial charge on any atom is -0.352 e. The van der Waals surface area contributed by atoms with E-state index in [0.29, 0.717) is 25.1 Å². The van der Waals surface area contributed by atoms with Crippen LogP contribution >= 0.6 is 0 Å². The number of carbonyl (C=O) groups is 2. The lowest BCUT2D eigenvalue weighted by Crippen LogP contribution is -2.31. The van der Waals surface area contributed by atoms with E-state index in [4.69, 9.17) is 0 Å². The van der Waals surface area contributed by atoms with Gasteiger partial charge in [0.05, 0.1) is 4.90 Å². The maximum absolute atomic E-state index is 12.4. The average molecular weight is 401 g/mol. The SMILES string of the molecule is CN(C)S(=O)(=O)c1ccc(C(=O)NCC2CC(=O)N(c3ccccc3)C2)cc1.